The van der Waals surface area contributed by atoms with Gasteiger partial charge in [0, 0.05) is 5.69 Å². The molecule has 0 amide bonds. The number of guanidine groups is 1. The van der Waals surface area contributed by atoms with Crippen LogP contribution in [-0.4, -0.2) is 25.7 Å². The molecule has 1 rings (SSSR count). The fraction of sp³-hybridized carbons (Fsp3) is 0.438. The molecule has 0 aliphatic carbocycles. The molecule has 0 radical (unpaired) electrons. The van der Waals surface area contributed by atoms with Gasteiger partial charge in [-0.3, -0.25) is 4.99 Å². The second-order valence-electron chi connectivity index (χ2n) is 5.18. The average Bonchev–Trinajstić information content (AvgIpc) is 2.38. The summed E-state index contributed by atoms with van der Waals surface area (Å²) in [4.78, 5) is 4.22. The third-order valence-corrected chi connectivity index (χ3v) is 2.69. The number of anilines is 1. The maximum absolute atomic E-state index is 5.84. The van der Waals surface area contributed by atoms with Crippen molar-refractivity contribution in [3.8, 4) is 0 Å². The van der Waals surface area contributed by atoms with E-state index < -0.39 is 0 Å². The first-order valence-electron chi connectivity index (χ1n) is 6.88. The highest BCUT2D eigenvalue weighted by Gasteiger charge is 2.01. The molecule has 0 aliphatic heterocycles. The van der Waals surface area contributed by atoms with Crippen LogP contribution in [0.15, 0.2) is 41.4 Å². The first-order valence-corrected chi connectivity index (χ1v) is 6.88. The van der Waals surface area contributed by atoms with E-state index in [0.717, 1.165) is 11.3 Å². The summed E-state index contributed by atoms with van der Waals surface area (Å²) in [5, 5.41) is 3.09. The lowest BCUT2D eigenvalue weighted by Crippen LogP contribution is -2.23. The Morgan fingerprint density at radius 1 is 1.45 bits per heavy atom. The first kappa shape index (κ1) is 16.2. The third-order valence-electron chi connectivity index (χ3n) is 2.69. The summed E-state index contributed by atoms with van der Waals surface area (Å²) in [5.74, 6) is 0.898. The molecule has 0 aliphatic rings. The normalized spacial score (nSPS) is 11.7. The fourth-order valence-corrected chi connectivity index (χ4v) is 1.64. The molecular weight excluding hydrogens is 250 g/mol. The molecule has 4 nitrogen and oxygen atoms in total. The van der Waals surface area contributed by atoms with Crippen molar-refractivity contribution in [3.05, 3.63) is 42.0 Å². The lowest BCUT2D eigenvalue weighted by Gasteiger charge is -2.10. The number of rotatable bonds is 7. The quantitative estimate of drug-likeness (QED) is 0.348. The Bertz CT molecular complexity index is 467. The van der Waals surface area contributed by atoms with E-state index in [-0.39, 0.29) is 0 Å². The summed E-state index contributed by atoms with van der Waals surface area (Å²) < 4.78 is 5.36. The molecule has 0 fully saturated rings. The highest BCUT2D eigenvalue weighted by molar-refractivity contribution is 5.92. The fourth-order valence-electron chi connectivity index (χ4n) is 1.64. The van der Waals surface area contributed by atoms with Gasteiger partial charge < -0.3 is 15.8 Å². The molecule has 0 heterocycles. The Hall–Kier alpha value is -1.81. The van der Waals surface area contributed by atoms with Crippen molar-refractivity contribution in [1.82, 2.24) is 0 Å². The number of benzene rings is 1. The number of ether oxygens (including phenoxy) is 1. The van der Waals surface area contributed by atoms with Gasteiger partial charge in [0.1, 0.15) is 0 Å². The SMILES string of the molecule is C=C(C)COCCN=C(N)Nc1cccc(C(C)C)c1. The molecule has 0 aromatic heterocycles. The van der Waals surface area contributed by atoms with Gasteiger partial charge in [0.25, 0.3) is 0 Å². The van der Waals surface area contributed by atoms with E-state index in [1.807, 2.05) is 19.1 Å². The predicted octanol–water partition coefficient (Wildman–Crippen LogP) is 3.13. The third kappa shape index (κ3) is 6.38. The summed E-state index contributed by atoms with van der Waals surface area (Å²) in [7, 11) is 0. The standard InChI is InChI=1S/C16H25N3O/c1-12(2)11-20-9-8-18-16(17)19-15-7-5-6-14(10-15)13(3)4/h5-7,10,13H,1,8-9,11H2,2-4H3,(H3,17,18,19). The van der Waals surface area contributed by atoms with Crippen LogP contribution in [-0.2, 0) is 4.74 Å². The van der Waals surface area contributed by atoms with Crippen LogP contribution >= 0.6 is 0 Å². The largest absolute Gasteiger partial charge is 0.375 e. The molecule has 1 aromatic carbocycles. The van der Waals surface area contributed by atoms with Crippen molar-refractivity contribution < 1.29 is 4.74 Å². The van der Waals surface area contributed by atoms with Crippen LogP contribution in [0.1, 0.15) is 32.3 Å². The number of nitrogens with zero attached hydrogens (tertiary/aromatic N) is 1. The van der Waals surface area contributed by atoms with Gasteiger partial charge in [-0.15, -0.1) is 0 Å². The van der Waals surface area contributed by atoms with Gasteiger partial charge in [-0.1, -0.05) is 38.1 Å². The molecule has 4 heteroatoms. The average molecular weight is 275 g/mol. The molecule has 0 saturated carbocycles. The number of nitrogens with one attached hydrogen (secondary N) is 1. The molecular formula is C16H25N3O. The first-order chi connectivity index (χ1) is 9.49. The molecule has 0 saturated heterocycles. The van der Waals surface area contributed by atoms with Crippen molar-refractivity contribution in [2.45, 2.75) is 26.7 Å². The number of hydrogen-bond donors (Lipinski definition) is 2. The van der Waals surface area contributed by atoms with Crippen LogP contribution in [0.3, 0.4) is 0 Å². The zero-order chi connectivity index (χ0) is 15.0. The Balaban J connectivity index is 2.43. The van der Waals surface area contributed by atoms with Gasteiger partial charge in [0.05, 0.1) is 19.8 Å². The number of aliphatic imine (C=N–C) groups is 1. The topological polar surface area (TPSA) is 59.6 Å². The van der Waals surface area contributed by atoms with Crippen molar-refractivity contribution >= 4 is 11.6 Å². The highest BCUT2D eigenvalue weighted by atomic mass is 16.5. The molecule has 3 N–H and O–H groups in total. The maximum Gasteiger partial charge on any atom is 0.193 e. The van der Waals surface area contributed by atoms with Crippen molar-refractivity contribution in [2.75, 3.05) is 25.1 Å². The van der Waals surface area contributed by atoms with Crippen molar-refractivity contribution in [2.24, 2.45) is 10.7 Å². The van der Waals surface area contributed by atoms with Gasteiger partial charge in [0.15, 0.2) is 5.96 Å². The van der Waals surface area contributed by atoms with E-state index in [1.54, 1.807) is 0 Å². The van der Waals surface area contributed by atoms with E-state index in [2.05, 4.69) is 42.9 Å². The van der Waals surface area contributed by atoms with E-state index in [4.69, 9.17) is 10.5 Å². The summed E-state index contributed by atoms with van der Waals surface area (Å²) in [6.45, 7) is 11.7. The number of hydrogen-bond acceptors (Lipinski definition) is 2. The highest BCUT2D eigenvalue weighted by Crippen LogP contribution is 2.18. The van der Waals surface area contributed by atoms with Crippen molar-refractivity contribution in [3.63, 3.8) is 0 Å². The van der Waals surface area contributed by atoms with Gasteiger partial charge >= 0.3 is 0 Å². The maximum atomic E-state index is 5.84. The lowest BCUT2D eigenvalue weighted by molar-refractivity contribution is 0.165. The summed E-state index contributed by atoms with van der Waals surface area (Å²) in [6, 6.07) is 8.19. The van der Waals surface area contributed by atoms with E-state index >= 15 is 0 Å². The number of nitrogens with two attached hydrogens (primary N) is 1. The predicted molar refractivity (Wildman–Crippen MR) is 86.3 cm³/mol. The van der Waals surface area contributed by atoms with Crippen LogP contribution in [0, 0.1) is 0 Å². The van der Waals surface area contributed by atoms with Gasteiger partial charge in [-0.05, 0) is 30.5 Å². The van der Waals surface area contributed by atoms with Crippen LogP contribution in [0.4, 0.5) is 5.69 Å². The minimum atomic E-state index is 0.407. The monoisotopic (exact) mass is 275 g/mol. The molecule has 1 aromatic rings. The van der Waals surface area contributed by atoms with Crippen LogP contribution in [0.5, 0.6) is 0 Å². The van der Waals surface area contributed by atoms with Gasteiger partial charge in [0.2, 0.25) is 0 Å². The molecule has 20 heavy (non-hydrogen) atoms. The van der Waals surface area contributed by atoms with Crippen LogP contribution < -0.4 is 11.1 Å². The Morgan fingerprint density at radius 2 is 2.20 bits per heavy atom. The van der Waals surface area contributed by atoms with E-state index in [9.17, 15) is 0 Å². The van der Waals surface area contributed by atoms with E-state index in [0.29, 0.717) is 31.6 Å². The van der Waals surface area contributed by atoms with Crippen LogP contribution in [0.25, 0.3) is 0 Å². The summed E-state index contributed by atoms with van der Waals surface area (Å²) in [6.07, 6.45) is 0. The van der Waals surface area contributed by atoms with Gasteiger partial charge in [-0.25, -0.2) is 0 Å². The molecule has 0 bridgehead atoms. The molecule has 0 spiro atoms. The Labute approximate surface area is 121 Å². The summed E-state index contributed by atoms with van der Waals surface area (Å²) >= 11 is 0. The lowest BCUT2D eigenvalue weighted by atomic mass is 10.0. The zero-order valence-corrected chi connectivity index (χ0v) is 12.6. The summed E-state index contributed by atoms with van der Waals surface area (Å²) in [5.41, 5.74) is 9.07. The van der Waals surface area contributed by atoms with Crippen molar-refractivity contribution in [1.29, 1.82) is 0 Å². The molecule has 0 unspecified atom stereocenters. The van der Waals surface area contributed by atoms with Gasteiger partial charge in [-0.2, -0.15) is 0 Å². The van der Waals surface area contributed by atoms with E-state index in [1.165, 1.54) is 5.56 Å². The minimum Gasteiger partial charge on any atom is -0.375 e. The second-order valence-corrected chi connectivity index (χ2v) is 5.18. The Kier molecular flexibility index (Phi) is 6.81. The molecule has 0 atom stereocenters. The smallest absolute Gasteiger partial charge is 0.193 e. The Morgan fingerprint density at radius 3 is 2.85 bits per heavy atom. The second kappa shape index (κ2) is 8.38. The van der Waals surface area contributed by atoms with Crippen LogP contribution in [0.2, 0.25) is 0 Å². The minimum absolute atomic E-state index is 0.407. The molecule has 110 valence electrons. The zero-order valence-electron chi connectivity index (χ0n) is 12.6.